The number of amides is 2. The SMILES string of the molecule is CCCC=CCN(C(N)=O)c1ccc2[nH]cc(C3C=CN(CC(C)(C)C)CC3)c2c1. The number of benzene rings is 1. The van der Waals surface area contributed by atoms with Crippen LogP contribution in [-0.2, 0) is 0 Å². The molecule has 1 atom stereocenters. The predicted octanol–water partition coefficient (Wildman–Crippen LogP) is 5.76. The molecule has 0 radical (unpaired) electrons. The van der Waals surface area contributed by atoms with Crippen molar-refractivity contribution in [2.24, 2.45) is 11.1 Å². The highest BCUT2D eigenvalue weighted by Crippen LogP contribution is 2.34. The first-order valence-corrected chi connectivity index (χ1v) is 11.0. The number of urea groups is 1. The zero-order valence-electron chi connectivity index (χ0n) is 18.8. The minimum absolute atomic E-state index is 0.288. The Morgan fingerprint density at radius 2 is 2.13 bits per heavy atom. The fourth-order valence-electron chi connectivity index (χ4n) is 4.09. The van der Waals surface area contributed by atoms with Crippen molar-refractivity contribution in [3.05, 3.63) is 54.4 Å². The number of aromatic nitrogens is 1. The standard InChI is InChI=1S/C25H36N4O/c1-5-6-7-8-13-29(24(26)30)20-9-10-23-21(16-20)22(17-27-23)19-11-14-28(15-12-19)18-25(2,3)4/h7-11,14,16-17,19,27H,5-6,12-13,15,18H2,1-4H3,(H2,26,30). The zero-order valence-corrected chi connectivity index (χ0v) is 18.8. The molecule has 1 aliphatic heterocycles. The van der Waals surface area contributed by atoms with Gasteiger partial charge in [0, 0.05) is 48.3 Å². The first-order valence-electron chi connectivity index (χ1n) is 11.0. The Labute approximate surface area is 180 Å². The molecule has 2 aromatic rings. The number of allylic oxidation sites excluding steroid dienone is 2. The van der Waals surface area contributed by atoms with E-state index in [1.807, 2.05) is 18.2 Å². The molecule has 2 amide bonds. The van der Waals surface area contributed by atoms with Gasteiger partial charge in [0.1, 0.15) is 0 Å². The van der Waals surface area contributed by atoms with Crippen LogP contribution in [0.2, 0.25) is 0 Å². The van der Waals surface area contributed by atoms with Gasteiger partial charge in [0.15, 0.2) is 0 Å². The smallest absolute Gasteiger partial charge is 0.319 e. The second-order valence-corrected chi connectivity index (χ2v) is 9.45. The van der Waals surface area contributed by atoms with Crippen LogP contribution in [0.15, 0.2) is 48.8 Å². The molecule has 3 N–H and O–H groups in total. The lowest BCUT2D eigenvalue weighted by Gasteiger charge is -2.33. The van der Waals surface area contributed by atoms with Gasteiger partial charge >= 0.3 is 6.03 Å². The molecule has 1 aromatic heterocycles. The lowest BCUT2D eigenvalue weighted by Crippen LogP contribution is -2.35. The van der Waals surface area contributed by atoms with Gasteiger partial charge in [-0.05, 0) is 48.2 Å². The normalized spacial score (nSPS) is 17.2. The second-order valence-electron chi connectivity index (χ2n) is 9.45. The number of anilines is 1. The van der Waals surface area contributed by atoms with Crippen LogP contribution in [0.25, 0.3) is 10.9 Å². The number of H-pyrrole nitrogens is 1. The van der Waals surface area contributed by atoms with E-state index in [-0.39, 0.29) is 5.41 Å². The summed E-state index contributed by atoms with van der Waals surface area (Å²) in [5.74, 6) is 0.372. The summed E-state index contributed by atoms with van der Waals surface area (Å²) in [5, 5.41) is 1.16. The highest BCUT2D eigenvalue weighted by Gasteiger charge is 2.22. The number of fused-ring (bicyclic) bond motifs is 1. The van der Waals surface area contributed by atoms with Gasteiger partial charge in [0.2, 0.25) is 0 Å². The summed E-state index contributed by atoms with van der Waals surface area (Å²) in [4.78, 5) is 19.5. The van der Waals surface area contributed by atoms with Crippen molar-refractivity contribution in [3.63, 3.8) is 0 Å². The van der Waals surface area contributed by atoms with Crippen LogP contribution in [0.1, 0.15) is 58.4 Å². The van der Waals surface area contributed by atoms with Gasteiger partial charge in [-0.25, -0.2) is 4.79 Å². The molecule has 1 aromatic carbocycles. The summed E-state index contributed by atoms with van der Waals surface area (Å²) in [6.07, 6.45) is 14.0. The number of nitrogens with zero attached hydrogens (tertiary/aromatic N) is 2. The van der Waals surface area contributed by atoms with Gasteiger partial charge in [-0.3, -0.25) is 4.90 Å². The summed E-state index contributed by atoms with van der Waals surface area (Å²) in [5.41, 5.74) is 9.18. The Kier molecular flexibility index (Phi) is 6.91. The van der Waals surface area contributed by atoms with Gasteiger partial charge in [-0.15, -0.1) is 0 Å². The topological polar surface area (TPSA) is 65.4 Å². The van der Waals surface area contributed by atoms with Crippen LogP contribution in [0.3, 0.4) is 0 Å². The summed E-state index contributed by atoms with van der Waals surface area (Å²) >= 11 is 0. The van der Waals surface area contributed by atoms with E-state index >= 15 is 0 Å². The summed E-state index contributed by atoms with van der Waals surface area (Å²) < 4.78 is 0. The van der Waals surface area contributed by atoms with Crippen LogP contribution < -0.4 is 10.6 Å². The van der Waals surface area contributed by atoms with E-state index in [4.69, 9.17) is 5.73 Å². The van der Waals surface area contributed by atoms with Crippen molar-refractivity contribution in [3.8, 4) is 0 Å². The van der Waals surface area contributed by atoms with Crippen molar-refractivity contribution < 1.29 is 4.79 Å². The maximum atomic E-state index is 12.1. The summed E-state index contributed by atoms with van der Waals surface area (Å²) in [7, 11) is 0. The first kappa shape index (κ1) is 22.0. The Balaban J connectivity index is 1.83. The van der Waals surface area contributed by atoms with E-state index in [2.05, 4.69) is 68.2 Å². The summed E-state index contributed by atoms with van der Waals surface area (Å²) in [6, 6.07) is 5.67. The van der Waals surface area contributed by atoms with Crippen molar-refractivity contribution in [1.82, 2.24) is 9.88 Å². The average molecular weight is 409 g/mol. The number of aromatic amines is 1. The highest BCUT2D eigenvalue weighted by atomic mass is 16.2. The summed E-state index contributed by atoms with van der Waals surface area (Å²) in [6.45, 7) is 11.6. The molecule has 30 heavy (non-hydrogen) atoms. The maximum absolute atomic E-state index is 12.1. The molecule has 1 unspecified atom stereocenters. The predicted molar refractivity (Wildman–Crippen MR) is 127 cm³/mol. The maximum Gasteiger partial charge on any atom is 0.319 e. The van der Waals surface area contributed by atoms with Crippen LogP contribution in [-0.4, -0.2) is 35.5 Å². The zero-order chi connectivity index (χ0) is 21.7. The molecule has 162 valence electrons. The number of primary amides is 1. The first-order chi connectivity index (χ1) is 14.3. The fourth-order valence-corrected chi connectivity index (χ4v) is 4.09. The third-order valence-corrected chi connectivity index (χ3v) is 5.52. The van der Waals surface area contributed by atoms with Crippen LogP contribution in [0, 0.1) is 5.41 Å². The van der Waals surface area contributed by atoms with E-state index in [0.29, 0.717) is 12.5 Å². The average Bonchev–Trinajstić information content (AvgIpc) is 3.10. The largest absolute Gasteiger partial charge is 0.377 e. The van der Waals surface area contributed by atoms with Crippen LogP contribution >= 0.6 is 0 Å². The Morgan fingerprint density at radius 1 is 1.33 bits per heavy atom. The molecule has 1 aliphatic rings. The van der Waals surface area contributed by atoms with Crippen molar-refractivity contribution in [2.45, 2.75) is 52.9 Å². The minimum atomic E-state index is -0.428. The number of unbranched alkanes of at least 4 members (excludes halogenated alkanes) is 1. The van der Waals surface area contributed by atoms with Crippen molar-refractivity contribution in [2.75, 3.05) is 24.5 Å². The van der Waals surface area contributed by atoms with Crippen LogP contribution in [0.5, 0.6) is 0 Å². The van der Waals surface area contributed by atoms with Gasteiger partial charge in [0.05, 0.1) is 0 Å². The molecular formula is C25H36N4O. The Bertz CT molecular complexity index is 919. The van der Waals surface area contributed by atoms with Gasteiger partial charge in [-0.2, -0.15) is 0 Å². The lowest BCUT2D eigenvalue weighted by atomic mass is 9.91. The van der Waals surface area contributed by atoms with E-state index in [1.54, 1.807) is 4.90 Å². The van der Waals surface area contributed by atoms with E-state index in [0.717, 1.165) is 48.9 Å². The van der Waals surface area contributed by atoms with Gasteiger partial charge in [-0.1, -0.05) is 52.3 Å². The van der Waals surface area contributed by atoms with Crippen LogP contribution in [0.4, 0.5) is 10.5 Å². The molecule has 0 saturated heterocycles. The third-order valence-electron chi connectivity index (χ3n) is 5.52. The molecule has 5 nitrogen and oxygen atoms in total. The van der Waals surface area contributed by atoms with E-state index < -0.39 is 6.03 Å². The highest BCUT2D eigenvalue weighted by molar-refractivity contribution is 5.95. The molecule has 3 rings (SSSR count). The van der Waals surface area contributed by atoms with Gasteiger partial charge < -0.3 is 15.6 Å². The quantitative estimate of drug-likeness (QED) is 0.572. The molecule has 0 aliphatic carbocycles. The molecule has 0 saturated carbocycles. The number of rotatable bonds is 7. The van der Waals surface area contributed by atoms with Crippen molar-refractivity contribution in [1.29, 1.82) is 0 Å². The number of nitrogens with two attached hydrogens (primary N) is 1. The molecule has 5 heteroatoms. The monoisotopic (exact) mass is 408 g/mol. The molecule has 2 heterocycles. The van der Waals surface area contributed by atoms with E-state index in [1.165, 1.54) is 5.56 Å². The number of carbonyl (C=O) groups excluding carboxylic acids is 1. The number of nitrogens with one attached hydrogen (secondary N) is 1. The molecule has 0 spiro atoms. The van der Waals surface area contributed by atoms with Crippen molar-refractivity contribution >= 4 is 22.6 Å². The Hall–Kier alpha value is -2.69. The minimum Gasteiger partial charge on any atom is -0.377 e. The van der Waals surface area contributed by atoms with Gasteiger partial charge in [0.25, 0.3) is 0 Å². The Morgan fingerprint density at radius 3 is 2.77 bits per heavy atom. The molecular weight excluding hydrogens is 372 g/mol. The second kappa shape index (κ2) is 9.41. The van der Waals surface area contributed by atoms with E-state index in [9.17, 15) is 4.79 Å². The molecule has 0 bridgehead atoms. The fraction of sp³-hybridized carbons (Fsp3) is 0.480. The lowest BCUT2D eigenvalue weighted by molar-refractivity contribution is 0.238. The number of carbonyl (C=O) groups is 1. The number of hydrogen-bond acceptors (Lipinski definition) is 2. The third kappa shape index (κ3) is 5.47. The number of hydrogen-bond donors (Lipinski definition) is 2. The molecule has 0 fully saturated rings.